The number of aromatic nitrogens is 2. The van der Waals surface area contributed by atoms with Crippen molar-refractivity contribution in [2.24, 2.45) is 5.41 Å². The van der Waals surface area contributed by atoms with Crippen molar-refractivity contribution < 1.29 is 26.7 Å². The van der Waals surface area contributed by atoms with Crippen LogP contribution in [0, 0.1) is 19.3 Å². The Morgan fingerprint density at radius 2 is 1.77 bits per heavy atom. The number of benzene rings is 1. The highest BCUT2D eigenvalue weighted by Crippen LogP contribution is 2.62. The van der Waals surface area contributed by atoms with Crippen LogP contribution in [0.25, 0.3) is 0 Å². The van der Waals surface area contributed by atoms with Gasteiger partial charge in [-0.25, -0.2) is 8.78 Å². The van der Waals surface area contributed by atoms with E-state index in [1.54, 1.807) is 13.8 Å². The zero-order chi connectivity index (χ0) is 22.8. The lowest BCUT2D eigenvalue weighted by molar-refractivity contribution is -0.141. The number of carbonyl (C=O) groups is 1. The van der Waals surface area contributed by atoms with Gasteiger partial charge in [-0.1, -0.05) is 6.92 Å². The molecule has 168 valence electrons. The third kappa shape index (κ3) is 3.99. The molecule has 0 unspecified atom stereocenters. The summed E-state index contributed by atoms with van der Waals surface area (Å²) in [5, 5.41) is 6.39. The number of nitrogens with zero attached hydrogens (tertiary/aromatic N) is 3. The van der Waals surface area contributed by atoms with Gasteiger partial charge < -0.3 is 10.2 Å². The standard InChI is InChI=1S/C21H23F5N4O/c1-12-6-14(29-4-5-30-15(10-29)8-16(28-30)21(24,25)26)7-13(2)18(12)27-17(31)9-19(3)11-20(19,22)23/h6-8H,4-5,9-11H2,1-3H3,(H,27,31)/t19-/m1/s1. The molecule has 2 aromatic rings. The summed E-state index contributed by atoms with van der Waals surface area (Å²) in [5.74, 6) is -3.26. The molecule has 0 bridgehead atoms. The number of halogens is 5. The molecular weight excluding hydrogens is 419 g/mol. The minimum absolute atomic E-state index is 0.252. The largest absolute Gasteiger partial charge is 0.435 e. The Balaban J connectivity index is 1.49. The average molecular weight is 442 g/mol. The maximum absolute atomic E-state index is 13.4. The van der Waals surface area contributed by atoms with Gasteiger partial charge in [0.1, 0.15) is 0 Å². The lowest BCUT2D eigenvalue weighted by atomic mass is 10.0. The summed E-state index contributed by atoms with van der Waals surface area (Å²) >= 11 is 0. The van der Waals surface area contributed by atoms with Crippen molar-refractivity contribution in [2.45, 2.75) is 58.8 Å². The van der Waals surface area contributed by atoms with Crippen molar-refractivity contribution >= 4 is 17.3 Å². The van der Waals surface area contributed by atoms with E-state index in [9.17, 15) is 26.7 Å². The summed E-state index contributed by atoms with van der Waals surface area (Å²) in [6.45, 7) is 6.10. The first-order valence-corrected chi connectivity index (χ1v) is 9.97. The van der Waals surface area contributed by atoms with E-state index in [-0.39, 0.29) is 19.4 Å². The molecule has 1 aliphatic heterocycles. The van der Waals surface area contributed by atoms with E-state index in [0.717, 1.165) is 22.9 Å². The average Bonchev–Trinajstić information content (AvgIpc) is 2.98. The number of alkyl halides is 5. The number of rotatable bonds is 4. The van der Waals surface area contributed by atoms with Crippen molar-refractivity contribution in [3.63, 3.8) is 0 Å². The minimum Gasteiger partial charge on any atom is -0.364 e. The van der Waals surface area contributed by atoms with Gasteiger partial charge in [0.2, 0.25) is 5.91 Å². The number of fused-ring (bicyclic) bond motifs is 1. The summed E-state index contributed by atoms with van der Waals surface area (Å²) in [6.07, 6.45) is -5.02. The molecule has 1 aromatic carbocycles. The van der Waals surface area contributed by atoms with Crippen LogP contribution in [0.15, 0.2) is 18.2 Å². The Hall–Kier alpha value is -2.65. The van der Waals surface area contributed by atoms with Crippen molar-refractivity contribution in [3.05, 3.63) is 40.7 Å². The zero-order valence-electron chi connectivity index (χ0n) is 17.4. The van der Waals surface area contributed by atoms with Gasteiger partial charge in [-0.05, 0) is 43.2 Å². The van der Waals surface area contributed by atoms with Crippen LogP contribution >= 0.6 is 0 Å². The number of anilines is 2. The molecule has 0 spiro atoms. The number of hydrogen-bond donors (Lipinski definition) is 1. The lowest BCUT2D eigenvalue weighted by Gasteiger charge is -2.30. The molecule has 1 amide bonds. The van der Waals surface area contributed by atoms with Crippen molar-refractivity contribution in [3.8, 4) is 0 Å². The molecule has 1 aromatic heterocycles. The van der Waals surface area contributed by atoms with Crippen LogP contribution in [0.5, 0.6) is 0 Å². The van der Waals surface area contributed by atoms with Crippen LogP contribution in [-0.2, 0) is 24.1 Å². The molecule has 1 N–H and O–H groups in total. The number of aryl methyl sites for hydroxylation is 2. The van der Waals surface area contributed by atoms with Crippen molar-refractivity contribution in [1.29, 1.82) is 0 Å². The molecule has 0 saturated heterocycles. The van der Waals surface area contributed by atoms with E-state index in [4.69, 9.17) is 0 Å². The zero-order valence-corrected chi connectivity index (χ0v) is 17.4. The fraction of sp³-hybridized carbons (Fsp3) is 0.524. The van der Waals surface area contributed by atoms with Crippen LogP contribution in [0.3, 0.4) is 0 Å². The van der Waals surface area contributed by atoms with Gasteiger partial charge in [-0.2, -0.15) is 18.3 Å². The topological polar surface area (TPSA) is 50.2 Å². The van der Waals surface area contributed by atoms with Gasteiger partial charge in [0, 0.05) is 36.2 Å². The highest BCUT2D eigenvalue weighted by molar-refractivity contribution is 5.93. The minimum atomic E-state index is -4.48. The number of carbonyl (C=O) groups excluding carboxylic acids is 1. The summed E-state index contributed by atoms with van der Waals surface area (Å²) in [7, 11) is 0. The third-order valence-electron chi connectivity index (χ3n) is 6.16. The molecule has 2 heterocycles. The van der Waals surface area contributed by atoms with Crippen molar-refractivity contribution in [1.82, 2.24) is 9.78 Å². The Bertz CT molecular complexity index is 1020. The first-order chi connectivity index (χ1) is 14.3. The summed E-state index contributed by atoms with van der Waals surface area (Å²) in [6, 6.07) is 4.74. The van der Waals surface area contributed by atoms with Crippen LogP contribution < -0.4 is 10.2 Å². The predicted molar refractivity (Wildman–Crippen MR) is 105 cm³/mol. The molecule has 1 fully saturated rings. The third-order valence-corrected chi connectivity index (χ3v) is 6.16. The Morgan fingerprint density at radius 3 is 2.32 bits per heavy atom. The summed E-state index contributed by atoms with van der Waals surface area (Å²) in [4.78, 5) is 14.3. The van der Waals surface area contributed by atoms with Crippen LogP contribution in [0.1, 0.15) is 42.3 Å². The predicted octanol–water partition coefficient (Wildman–Crippen LogP) is 4.91. The van der Waals surface area contributed by atoms with E-state index >= 15 is 0 Å². The van der Waals surface area contributed by atoms with E-state index in [1.807, 2.05) is 17.0 Å². The molecule has 0 radical (unpaired) electrons. The fourth-order valence-electron chi connectivity index (χ4n) is 4.12. The van der Waals surface area contributed by atoms with E-state index in [0.29, 0.717) is 24.5 Å². The van der Waals surface area contributed by atoms with E-state index in [1.165, 1.54) is 11.6 Å². The highest BCUT2D eigenvalue weighted by atomic mass is 19.4. The molecule has 1 aliphatic carbocycles. The maximum Gasteiger partial charge on any atom is 0.435 e. The number of nitrogens with one attached hydrogen (secondary N) is 1. The first-order valence-electron chi connectivity index (χ1n) is 9.97. The van der Waals surface area contributed by atoms with Crippen LogP contribution in [0.2, 0.25) is 0 Å². The Morgan fingerprint density at radius 1 is 1.16 bits per heavy atom. The number of hydrogen-bond acceptors (Lipinski definition) is 3. The smallest absolute Gasteiger partial charge is 0.364 e. The molecule has 31 heavy (non-hydrogen) atoms. The molecule has 1 atom stereocenters. The molecule has 10 heteroatoms. The lowest BCUT2D eigenvalue weighted by Crippen LogP contribution is -2.34. The van der Waals surface area contributed by atoms with Gasteiger partial charge in [0.05, 0.1) is 18.8 Å². The SMILES string of the molecule is Cc1cc(N2CCn3nc(C(F)(F)F)cc3C2)cc(C)c1NC(=O)C[C@]1(C)CC1(F)F. The Labute approximate surface area is 176 Å². The van der Waals surface area contributed by atoms with E-state index in [2.05, 4.69) is 10.4 Å². The summed E-state index contributed by atoms with van der Waals surface area (Å²) in [5.41, 5.74) is 1.19. The van der Waals surface area contributed by atoms with Gasteiger partial charge in [0.25, 0.3) is 5.92 Å². The molecule has 2 aliphatic rings. The van der Waals surface area contributed by atoms with Gasteiger partial charge in [-0.3, -0.25) is 9.48 Å². The molecule has 4 rings (SSSR count). The molecule has 5 nitrogen and oxygen atoms in total. The maximum atomic E-state index is 13.4. The van der Waals surface area contributed by atoms with Crippen LogP contribution in [0.4, 0.5) is 33.3 Å². The molecule has 1 saturated carbocycles. The second-order valence-corrected chi connectivity index (χ2v) is 8.78. The quantitative estimate of drug-likeness (QED) is 0.685. The first kappa shape index (κ1) is 21.6. The van der Waals surface area contributed by atoms with Gasteiger partial charge in [-0.15, -0.1) is 0 Å². The highest BCUT2D eigenvalue weighted by Gasteiger charge is 2.68. The van der Waals surface area contributed by atoms with E-state index < -0.39 is 29.1 Å². The van der Waals surface area contributed by atoms with Gasteiger partial charge >= 0.3 is 6.18 Å². The Kier molecular flexibility index (Phi) is 4.82. The number of amides is 1. The second-order valence-electron chi connectivity index (χ2n) is 8.78. The van der Waals surface area contributed by atoms with Crippen LogP contribution in [-0.4, -0.2) is 28.2 Å². The normalized spacial score (nSPS) is 22.3. The fourth-order valence-corrected chi connectivity index (χ4v) is 4.12. The second kappa shape index (κ2) is 6.93. The summed E-state index contributed by atoms with van der Waals surface area (Å²) < 4.78 is 67.0. The van der Waals surface area contributed by atoms with Crippen molar-refractivity contribution in [2.75, 3.05) is 16.8 Å². The molecular formula is C21H23F5N4O. The monoisotopic (exact) mass is 442 g/mol. The van der Waals surface area contributed by atoms with Gasteiger partial charge in [0.15, 0.2) is 5.69 Å².